The van der Waals surface area contributed by atoms with Gasteiger partial charge in [0, 0.05) is 19.0 Å². The molecular weight excluding hydrogens is 384 g/mol. The predicted molar refractivity (Wildman–Crippen MR) is 122 cm³/mol. The number of hydrogen-bond donors (Lipinski definition) is 1. The van der Waals surface area contributed by atoms with Crippen LogP contribution in [0.4, 0.5) is 0 Å². The summed E-state index contributed by atoms with van der Waals surface area (Å²) in [6, 6.07) is 17.6. The van der Waals surface area contributed by atoms with Crippen molar-refractivity contribution in [2.75, 3.05) is 19.6 Å². The van der Waals surface area contributed by atoms with Crippen molar-refractivity contribution in [3.63, 3.8) is 0 Å². The van der Waals surface area contributed by atoms with E-state index in [9.17, 15) is 9.59 Å². The molecule has 1 saturated heterocycles. The lowest BCUT2D eigenvalue weighted by atomic mass is 9.86. The van der Waals surface area contributed by atoms with Gasteiger partial charge in [-0.1, -0.05) is 61.0 Å². The molecule has 0 aromatic heterocycles. The van der Waals surface area contributed by atoms with Crippen LogP contribution in [0.3, 0.4) is 0 Å². The second kappa shape index (κ2) is 8.33. The predicted octanol–water partition coefficient (Wildman–Crippen LogP) is 3.98. The quantitative estimate of drug-likeness (QED) is 0.826. The zero-order chi connectivity index (χ0) is 21.4. The molecule has 2 aromatic carbocycles. The highest BCUT2D eigenvalue weighted by Gasteiger charge is 2.39. The third kappa shape index (κ3) is 4.04. The van der Waals surface area contributed by atoms with Gasteiger partial charge in [-0.25, -0.2) is 0 Å². The number of aryl methyl sites for hydroxylation is 2. The smallest absolute Gasteiger partial charge is 0.241 e. The molecule has 1 N–H and O–H groups in total. The maximum atomic E-state index is 12.7. The molecule has 0 bridgehead atoms. The monoisotopic (exact) mass is 414 g/mol. The van der Waals surface area contributed by atoms with Crippen molar-refractivity contribution < 1.29 is 9.59 Å². The van der Waals surface area contributed by atoms with Gasteiger partial charge in [0.05, 0.1) is 6.54 Å². The van der Waals surface area contributed by atoms with Gasteiger partial charge < -0.3 is 10.2 Å². The van der Waals surface area contributed by atoms with Crippen LogP contribution in [-0.4, -0.2) is 36.3 Å². The zero-order valence-corrected chi connectivity index (χ0v) is 18.2. The lowest BCUT2D eigenvalue weighted by Crippen LogP contribution is -2.43. The summed E-state index contributed by atoms with van der Waals surface area (Å²) in [7, 11) is 0. The molecule has 31 heavy (non-hydrogen) atoms. The van der Waals surface area contributed by atoms with Crippen LogP contribution in [0.15, 0.2) is 54.1 Å². The largest absolute Gasteiger partial charge is 0.347 e. The van der Waals surface area contributed by atoms with E-state index in [2.05, 4.69) is 60.8 Å². The SMILES string of the molecule is CC1C[C@H]1C(=O)NCC(=O)N1CCC(=C2c3ccccc3CCc3ccccc32)CC1. The summed E-state index contributed by atoms with van der Waals surface area (Å²) in [6.07, 6.45) is 4.85. The number of carbonyl (C=O) groups is 2. The van der Waals surface area contributed by atoms with Crippen molar-refractivity contribution in [1.82, 2.24) is 10.2 Å². The number of hydrogen-bond acceptors (Lipinski definition) is 2. The lowest BCUT2D eigenvalue weighted by molar-refractivity contribution is -0.133. The van der Waals surface area contributed by atoms with Gasteiger partial charge in [0.25, 0.3) is 0 Å². The molecule has 2 fully saturated rings. The minimum atomic E-state index is 0.0346. The summed E-state index contributed by atoms with van der Waals surface area (Å²) in [5.41, 5.74) is 8.36. The highest BCUT2D eigenvalue weighted by molar-refractivity contribution is 5.88. The van der Waals surface area contributed by atoms with Crippen LogP contribution in [0.2, 0.25) is 0 Å². The standard InChI is InChI=1S/C27H30N2O2/c1-18-16-24(18)27(31)28-17-25(30)29-14-12-21(13-15-29)26-22-8-4-2-6-19(22)10-11-20-7-3-5-9-23(20)26/h2-9,18,24H,10-17H2,1H3,(H,28,31)/t18?,24-/m1/s1. The Morgan fingerprint density at radius 2 is 1.45 bits per heavy atom. The van der Waals surface area contributed by atoms with Crippen LogP contribution < -0.4 is 5.32 Å². The number of carbonyl (C=O) groups excluding carboxylic acids is 2. The van der Waals surface area contributed by atoms with Crippen molar-refractivity contribution in [2.45, 2.75) is 39.0 Å². The third-order valence-corrected chi connectivity index (χ3v) is 7.17. The minimum absolute atomic E-state index is 0.0346. The van der Waals surface area contributed by atoms with E-state index in [1.807, 2.05) is 4.90 Å². The van der Waals surface area contributed by atoms with Crippen molar-refractivity contribution in [3.8, 4) is 0 Å². The second-order valence-electron chi connectivity index (χ2n) is 9.21. The normalized spacial score (nSPS) is 22.3. The average molecular weight is 415 g/mol. The van der Waals surface area contributed by atoms with Crippen LogP contribution in [0, 0.1) is 11.8 Å². The number of piperidine rings is 1. The van der Waals surface area contributed by atoms with Crippen molar-refractivity contribution in [3.05, 3.63) is 76.4 Å². The highest BCUT2D eigenvalue weighted by atomic mass is 16.2. The molecule has 1 aliphatic heterocycles. The fourth-order valence-corrected chi connectivity index (χ4v) is 5.13. The van der Waals surface area contributed by atoms with E-state index in [1.54, 1.807) is 0 Å². The maximum absolute atomic E-state index is 12.7. The van der Waals surface area contributed by atoms with Gasteiger partial charge in [0.15, 0.2) is 0 Å². The summed E-state index contributed by atoms with van der Waals surface area (Å²) in [6.45, 7) is 3.64. The van der Waals surface area contributed by atoms with Gasteiger partial charge in [-0.15, -0.1) is 0 Å². The number of likely N-dealkylation sites (tertiary alicyclic amines) is 1. The molecule has 3 aliphatic rings. The number of fused-ring (bicyclic) bond motifs is 2. The first-order chi connectivity index (χ1) is 15.1. The van der Waals surface area contributed by atoms with Crippen LogP contribution in [0.25, 0.3) is 5.57 Å². The zero-order valence-electron chi connectivity index (χ0n) is 18.2. The fourth-order valence-electron chi connectivity index (χ4n) is 5.13. The molecule has 160 valence electrons. The highest BCUT2D eigenvalue weighted by Crippen LogP contribution is 2.39. The Hall–Kier alpha value is -2.88. The molecule has 2 amide bonds. The van der Waals surface area contributed by atoms with Crippen LogP contribution in [0.5, 0.6) is 0 Å². The Morgan fingerprint density at radius 3 is 2.00 bits per heavy atom. The molecule has 4 nitrogen and oxygen atoms in total. The first-order valence-electron chi connectivity index (χ1n) is 11.6. The summed E-state index contributed by atoms with van der Waals surface area (Å²) in [5, 5.41) is 2.84. The maximum Gasteiger partial charge on any atom is 0.241 e. The molecule has 2 atom stereocenters. The molecule has 4 heteroatoms. The molecule has 1 saturated carbocycles. The van der Waals surface area contributed by atoms with Crippen LogP contribution in [-0.2, 0) is 22.4 Å². The van der Waals surface area contributed by atoms with E-state index >= 15 is 0 Å². The molecule has 2 aliphatic carbocycles. The average Bonchev–Trinajstić information content (AvgIpc) is 3.57. The number of nitrogens with zero attached hydrogens (tertiary/aromatic N) is 1. The lowest BCUT2D eigenvalue weighted by Gasteiger charge is -2.30. The first kappa shape index (κ1) is 20.0. The third-order valence-electron chi connectivity index (χ3n) is 7.17. The number of rotatable bonds is 3. The van der Waals surface area contributed by atoms with Crippen molar-refractivity contribution in [1.29, 1.82) is 0 Å². The van der Waals surface area contributed by atoms with E-state index in [1.165, 1.54) is 33.4 Å². The molecule has 2 aromatic rings. The fraction of sp³-hybridized carbons (Fsp3) is 0.407. The molecule has 1 unspecified atom stereocenters. The number of amides is 2. The molecular formula is C27H30N2O2. The van der Waals surface area contributed by atoms with E-state index < -0.39 is 0 Å². The Kier molecular flexibility index (Phi) is 5.39. The Morgan fingerprint density at radius 1 is 0.903 bits per heavy atom. The first-order valence-corrected chi connectivity index (χ1v) is 11.6. The molecule has 1 heterocycles. The number of benzene rings is 2. The van der Waals surface area contributed by atoms with E-state index in [-0.39, 0.29) is 24.3 Å². The van der Waals surface area contributed by atoms with Crippen molar-refractivity contribution in [2.24, 2.45) is 11.8 Å². The van der Waals surface area contributed by atoms with E-state index in [0.29, 0.717) is 5.92 Å². The Balaban J connectivity index is 1.34. The van der Waals surface area contributed by atoms with Gasteiger partial charge >= 0.3 is 0 Å². The van der Waals surface area contributed by atoms with Crippen LogP contribution >= 0.6 is 0 Å². The van der Waals surface area contributed by atoms with Crippen molar-refractivity contribution >= 4 is 17.4 Å². The molecule has 5 rings (SSSR count). The van der Waals surface area contributed by atoms with Gasteiger partial charge in [-0.3, -0.25) is 9.59 Å². The van der Waals surface area contributed by atoms with Gasteiger partial charge in [-0.05, 0) is 65.8 Å². The molecule has 0 radical (unpaired) electrons. The summed E-state index contributed by atoms with van der Waals surface area (Å²) in [5.74, 6) is 0.644. The molecule has 0 spiro atoms. The Labute approximate surface area is 184 Å². The van der Waals surface area contributed by atoms with Gasteiger partial charge in [0.2, 0.25) is 11.8 Å². The summed E-state index contributed by atoms with van der Waals surface area (Å²) < 4.78 is 0. The summed E-state index contributed by atoms with van der Waals surface area (Å²) in [4.78, 5) is 26.6. The van der Waals surface area contributed by atoms with Gasteiger partial charge in [0.1, 0.15) is 0 Å². The number of nitrogens with one attached hydrogen (secondary N) is 1. The Bertz CT molecular complexity index is 995. The van der Waals surface area contributed by atoms with Gasteiger partial charge in [-0.2, -0.15) is 0 Å². The van der Waals surface area contributed by atoms with E-state index in [4.69, 9.17) is 0 Å². The van der Waals surface area contributed by atoms with E-state index in [0.717, 1.165) is 45.2 Å². The summed E-state index contributed by atoms with van der Waals surface area (Å²) >= 11 is 0. The second-order valence-corrected chi connectivity index (χ2v) is 9.21. The minimum Gasteiger partial charge on any atom is -0.347 e. The van der Waals surface area contributed by atoms with Crippen LogP contribution in [0.1, 0.15) is 48.4 Å². The topological polar surface area (TPSA) is 49.4 Å².